The summed E-state index contributed by atoms with van der Waals surface area (Å²) in [5.74, 6) is 0.434. The molecule has 0 spiro atoms. The third kappa shape index (κ3) is 4.54. The Balaban J connectivity index is 1.81. The molecular weight excluding hydrogens is 240 g/mol. The number of hydrogen-bond acceptors (Lipinski definition) is 3. The Morgan fingerprint density at radius 1 is 1.47 bits per heavy atom. The van der Waals surface area contributed by atoms with Gasteiger partial charge in [0.1, 0.15) is 0 Å². The van der Waals surface area contributed by atoms with Gasteiger partial charge < -0.3 is 15.8 Å². The lowest BCUT2D eigenvalue weighted by Crippen LogP contribution is -2.43. The molecule has 1 aliphatic heterocycles. The summed E-state index contributed by atoms with van der Waals surface area (Å²) < 4.78 is 5.68. The summed E-state index contributed by atoms with van der Waals surface area (Å²) in [5.41, 5.74) is 6.81. The van der Waals surface area contributed by atoms with E-state index >= 15 is 0 Å². The van der Waals surface area contributed by atoms with Crippen molar-refractivity contribution in [1.29, 1.82) is 0 Å². The van der Waals surface area contributed by atoms with E-state index in [1.165, 1.54) is 0 Å². The van der Waals surface area contributed by atoms with Gasteiger partial charge in [-0.25, -0.2) is 0 Å². The number of aliphatic imine (C=N–C) groups is 1. The Bertz CT molecular complexity index is 407. The normalized spacial score (nSPS) is 21.3. The Morgan fingerprint density at radius 2 is 2.26 bits per heavy atom. The van der Waals surface area contributed by atoms with E-state index in [1.54, 1.807) is 0 Å². The molecule has 1 unspecified atom stereocenters. The molecule has 1 heterocycles. The molecule has 2 rings (SSSR count). The first-order valence-electron chi connectivity index (χ1n) is 6.74. The first-order chi connectivity index (χ1) is 9.28. The Kier molecular flexibility index (Phi) is 5.18. The zero-order valence-corrected chi connectivity index (χ0v) is 11.4. The molecule has 1 aromatic rings. The number of rotatable bonds is 4. The zero-order valence-electron chi connectivity index (χ0n) is 11.4. The summed E-state index contributed by atoms with van der Waals surface area (Å²) in [7, 11) is 0. The molecule has 0 aliphatic carbocycles. The lowest BCUT2D eigenvalue weighted by molar-refractivity contribution is -0.0209. The molecule has 1 fully saturated rings. The average molecular weight is 262 g/mol. The molecule has 5 heteroatoms. The molecule has 1 saturated heterocycles. The molecule has 104 valence electrons. The van der Waals surface area contributed by atoms with E-state index in [4.69, 9.17) is 10.5 Å². The molecule has 3 N–H and O–H groups in total. The average Bonchev–Trinajstić information content (AvgIpc) is 2.46. The van der Waals surface area contributed by atoms with Gasteiger partial charge in [-0.1, -0.05) is 25.1 Å². The lowest BCUT2D eigenvalue weighted by Gasteiger charge is -2.31. The van der Waals surface area contributed by atoms with Crippen LogP contribution in [0.15, 0.2) is 35.3 Å². The Labute approximate surface area is 114 Å². The van der Waals surface area contributed by atoms with Crippen LogP contribution in [0.5, 0.6) is 0 Å². The van der Waals surface area contributed by atoms with E-state index in [0.29, 0.717) is 12.5 Å². The molecule has 0 bridgehead atoms. The van der Waals surface area contributed by atoms with Crippen molar-refractivity contribution in [2.75, 3.05) is 38.1 Å². The van der Waals surface area contributed by atoms with Crippen LogP contribution in [0.4, 0.5) is 5.69 Å². The summed E-state index contributed by atoms with van der Waals surface area (Å²) in [6.07, 6.45) is 0.143. The molecule has 5 nitrogen and oxygen atoms in total. The molecule has 1 aromatic carbocycles. The van der Waals surface area contributed by atoms with Gasteiger partial charge >= 0.3 is 0 Å². The number of hydrogen-bond donors (Lipinski definition) is 2. The highest BCUT2D eigenvalue weighted by Gasteiger charge is 2.18. The van der Waals surface area contributed by atoms with E-state index < -0.39 is 0 Å². The van der Waals surface area contributed by atoms with Crippen LogP contribution in [0.2, 0.25) is 0 Å². The number of benzene rings is 1. The van der Waals surface area contributed by atoms with E-state index in [0.717, 1.165) is 31.9 Å². The SMILES string of the molecule is CCN1CCOC(CN=C(N)Nc2ccccc2)C1. The van der Waals surface area contributed by atoms with Crippen LogP contribution in [0.25, 0.3) is 0 Å². The maximum absolute atomic E-state index is 5.86. The lowest BCUT2D eigenvalue weighted by atomic mass is 10.3. The number of ether oxygens (including phenoxy) is 1. The molecular formula is C14H22N4O. The Morgan fingerprint density at radius 3 is 3.00 bits per heavy atom. The van der Waals surface area contributed by atoms with Crippen molar-refractivity contribution in [3.05, 3.63) is 30.3 Å². The zero-order chi connectivity index (χ0) is 13.5. The number of anilines is 1. The molecule has 0 amide bonds. The fraction of sp³-hybridized carbons (Fsp3) is 0.500. The number of likely N-dealkylation sites (N-methyl/N-ethyl adjacent to an activating group) is 1. The van der Waals surface area contributed by atoms with Crippen molar-refractivity contribution in [3.63, 3.8) is 0 Å². The van der Waals surface area contributed by atoms with Gasteiger partial charge in [0.25, 0.3) is 0 Å². The summed E-state index contributed by atoms with van der Waals surface area (Å²) in [6, 6.07) is 9.79. The molecule has 19 heavy (non-hydrogen) atoms. The van der Waals surface area contributed by atoms with Crippen molar-refractivity contribution >= 4 is 11.6 Å². The highest BCUT2D eigenvalue weighted by molar-refractivity contribution is 5.92. The minimum Gasteiger partial charge on any atom is -0.374 e. The van der Waals surface area contributed by atoms with E-state index in [-0.39, 0.29) is 6.10 Å². The monoisotopic (exact) mass is 262 g/mol. The summed E-state index contributed by atoms with van der Waals surface area (Å²) in [5, 5.41) is 3.07. The highest BCUT2D eigenvalue weighted by atomic mass is 16.5. The summed E-state index contributed by atoms with van der Waals surface area (Å²) in [6.45, 7) is 6.54. The topological polar surface area (TPSA) is 62.9 Å². The molecule has 0 radical (unpaired) electrons. The van der Waals surface area contributed by atoms with E-state index in [2.05, 4.69) is 22.1 Å². The predicted molar refractivity (Wildman–Crippen MR) is 78.4 cm³/mol. The predicted octanol–water partition coefficient (Wildman–Crippen LogP) is 1.13. The molecule has 0 aromatic heterocycles. The number of guanidine groups is 1. The highest BCUT2D eigenvalue weighted by Crippen LogP contribution is 2.06. The van der Waals surface area contributed by atoms with Gasteiger partial charge in [-0.05, 0) is 18.7 Å². The van der Waals surface area contributed by atoms with Gasteiger partial charge in [-0.2, -0.15) is 0 Å². The molecule has 1 aliphatic rings. The quantitative estimate of drug-likeness (QED) is 0.631. The van der Waals surface area contributed by atoms with Gasteiger partial charge in [0.2, 0.25) is 0 Å². The van der Waals surface area contributed by atoms with Crippen LogP contribution >= 0.6 is 0 Å². The largest absolute Gasteiger partial charge is 0.374 e. The first kappa shape index (κ1) is 13.8. The van der Waals surface area contributed by atoms with Crippen molar-refractivity contribution in [1.82, 2.24) is 4.90 Å². The Hall–Kier alpha value is -1.59. The maximum Gasteiger partial charge on any atom is 0.193 e. The van der Waals surface area contributed by atoms with Crippen LogP contribution in [-0.2, 0) is 4.74 Å². The minimum absolute atomic E-state index is 0.143. The number of nitrogens with one attached hydrogen (secondary N) is 1. The van der Waals surface area contributed by atoms with Crippen LogP contribution in [-0.4, -0.2) is 49.7 Å². The van der Waals surface area contributed by atoms with Crippen molar-refractivity contribution in [3.8, 4) is 0 Å². The number of nitrogens with two attached hydrogens (primary N) is 1. The first-order valence-corrected chi connectivity index (χ1v) is 6.74. The fourth-order valence-electron chi connectivity index (χ4n) is 2.09. The second kappa shape index (κ2) is 7.11. The van der Waals surface area contributed by atoms with Gasteiger partial charge in [-0.15, -0.1) is 0 Å². The van der Waals surface area contributed by atoms with Gasteiger partial charge in [0, 0.05) is 18.8 Å². The van der Waals surface area contributed by atoms with E-state index in [9.17, 15) is 0 Å². The number of nitrogens with zero attached hydrogens (tertiary/aromatic N) is 2. The number of para-hydroxylation sites is 1. The van der Waals surface area contributed by atoms with Crippen LogP contribution in [0.3, 0.4) is 0 Å². The maximum atomic E-state index is 5.86. The second-order valence-electron chi connectivity index (χ2n) is 4.60. The second-order valence-corrected chi connectivity index (χ2v) is 4.60. The molecule has 0 saturated carbocycles. The third-order valence-corrected chi connectivity index (χ3v) is 3.18. The van der Waals surface area contributed by atoms with Crippen LogP contribution in [0.1, 0.15) is 6.92 Å². The fourth-order valence-corrected chi connectivity index (χ4v) is 2.09. The smallest absolute Gasteiger partial charge is 0.193 e. The van der Waals surface area contributed by atoms with Crippen LogP contribution < -0.4 is 11.1 Å². The van der Waals surface area contributed by atoms with Gasteiger partial charge in [0.05, 0.1) is 19.3 Å². The van der Waals surface area contributed by atoms with Crippen molar-refractivity contribution < 1.29 is 4.74 Å². The van der Waals surface area contributed by atoms with Gasteiger partial charge in [0.15, 0.2) is 5.96 Å². The van der Waals surface area contributed by atoms with Crippen molar-refractivity contribution in [2.45, 2.75) is 13.0 Å². The summed E-state index contributed by atoms with van der Waals surface area (Å²) in [4.78, 5) is 6.71. The standard InChI is InChI=1S/C14H22N4O/c1-2-18-8-9-19-13(11-18)10-16-14(15)17-12-6-4-3-5-7-12/h3-7,13H,2,8-11H2,1H3,(H3,15,16,17). The molecule has 1 atom stereocenters. The van der Waals surface area contributed by atoms with Gasteiger partial charge in [-0.3, -0.25) is 9.89 Å². The number of morpholine rings is 1. The summed E-state index contributed by atoms with van der Waals surface area (Å²) >= 11 is 0. The minimum atomic E-state index is 0.143. The van der Waals surface area contributed by atoms with E-state index in [1.807, 2.05) is 30.3 Å². The van der Waals surface area contributed by atoms with Crippen LogP contribution in [0, 0.1) is 0 Å². The third-order valence-electron chi connectivity index (χ3n) is 3.18. The van der Waals surface area contributed by atoms with Crippen molar-refractivity contribution in [2.24, 2.45) is 10.7 Å².